The van der Waals surface area contributed by atoms with Crippen molar-refractivity contribution in [3.05, 3.63) is 34.6 Å². The minimum absolute atomic E-state index is 0.00774. The molecule has 22 heavy (non-hydrogen) atoms. The summed E-state index contributed by atoms with van der Waals surface area (Å²) in [6, 6.07) is 6.46. The van der Waals surface area contributed by atoms with Gasteiger partial charge in [0.05, 0.1) is 15.8 Å². The lowest BCUT2D eigenvalue weighted by molar-refractivity contribution is 0.588. The highest BCUT2D eigenvalue weighted by Crippen LogP contribution is 2.32. The van der Waals surface area contributed by atoms with Crippen molar-refractivity contribution in [3.63, 3.8) is 0 Å². The Morgan fingerprint density at radius 2 is 1.82 bits per heavy atom. The van der Waals surface area contributed by atoms with Gasteiger partial charge in [0.25, 0.3) is 0 Å². The average molecular weight is 361 g/mol. The molecule has 3 N–H and O–H groups in total. The first-order valence-corrected chi connectivity index (χ1v) is 8.62. The monoisotopic (exact) mass is 360 g/mol. The summed E-state index contributed by atoms with van der Waals surface area (Å²) in [6.07, 6.45) is 0. The van der Waals surface area contributed by atoms with E-state index in [9.17, 15) is 8.42 Å². The molecule has 0 aliphatic carbocycles. The number of nitrogens with zero attached hydrogens (tertiary/aromatic N) is 2. The molecule has 0 amide bonds. The molecule has 1 aromatic carbocycles. The Kier molecular flexibility index (Phi) is 4.79. The van der Waals surface area contributed by atoms with Crippen LogP contribution in [-0.4, -0.2) is 23.6 Å². The van der Waals surface area contributed by atoms with Gasteiger partial charge in [-0.15, -0.1) is 0 Å². The smallest absolute Gasteiger partial charge is 0.226 e. The van der Waals surface area contributed by atoms with Crippen LogP contribution in [0.4, 0.5) is 17.3 Å². The molecule has 0 spiro atoms. The molecule has 0 aliphatic rings. The maximum Gasteiger partial charge on any atom is 0.226 e. The summed E-state index contributed by atoms with van der Waals surface area (Å²) in [6.45, 7) is 3.22. The van der Waals surface area contributed by atoms with Crippen LogP contribution >= 0.6 is 23.2 Å². The number of halogens is 2. The molecule has 0 saturated carbocycles. The van der Waals surface area contributed by atoms with E-state index in [1.54, 1.807) is 32.0 Å². The lowest BCUT2D eigenvalue weighted by atomic mass is 10.3. The highest BCUT2D eigenvalue weighted by Gasteiger charge is 2.23. The number of rotatable bonds is 4. The van der Waals surface area contributed by atoms with Gasteiger partial charge in [-0.25, -0.2) is 8.42 Å². The van der Waals surface area contributed by atoms with E-state index in [0.29, 0.717) is 5.69 Å². The molecule has 0 radical (unpaired) electrons. The predicted molar refractivity (Wildman–Crippen MR) is 88.5 cm³/mol. The number of sulfone groups is 1. The van der Waals surface area contributed by atoms with E-state index in [-0.39, 0.29) is 26.8 Å². The maximum absolute atomic E-state index is 12.4. The second-order valence-corrected chi connectivity index (χ2v) is 7.94. The number of aromatic nitrogens is 2. The largest absolute Gasteiger partial charge is 0.382 e. The number of benzene rings is 1. The first-order valence-electron chi connectivity index (χ1n) is 6.32. The Labute approximate surface area is 138 Å². The quantitative estimate of drug-likeness (QED) is 0.811. The molecule has 2 aromatic rings. The van der Waals surface area contributed by atoms with Crippen LogP contribution in [0.15, 0.2) is 29.2 Å². The van der Waals surface area contributed by atoms with Crippen LogP contribution in [-0.2, 0) is 9.84 Å². The van der Waals surface area contributed by atoms with Crippen molar-refractivity contribution in [2.45, 2.75) is 24.0 Å². The topological polar surface area (TPSA) is 98.0 Å². The molecular formula is C13H14Cl2N4O2S. The Bertz CT molecular complexity index is 810. The van der Waals surface area contributed by atoms with Gasteiger partial charge in [0.2, 0.25) is 5.28 Å². The standard InChI is InChI=1S/C13H14Cl2N4O2S/c1-7(2)22(20,21)9-6-4-3-5-8(9)17-12-10(14)11(16)18-13(15)19-12/h3-7H,1-2H3,(H3,16,17,18,19). The van der Waals surface area contributed by atoms with E-state index in [1.807, 2.05) is 0 Å². The fourth-order valence-electron chi connectivity index (χ4n) is 1.72. The van der Waals surface area contributed by atoms with Crippen molar-refractivity contribution in [1.29, 1.82) is 0 Å². The highest BCUT2D eigenvalue weighted by atomic mass is 35.5. The zero-order valence-electron chi connectivity index (χ0n) is 11.8. The Morgan fingerprint density at radius 3 is 2.45 bits per heavy atom. The lowest BCUT2D eigenvalue weighted by Gasteiger charge is -2.15. The summed E-state index contributed by atoms with van der Waals surface area (Å²) < 4.78 is 24.8. The van der Waals surface area contributed by atoms with Crippen molar-refractivity contribution in [3.8, 4) is 0 Å². The summed E-state index contributed by atoms with van der Waals surface area (Å²) >= 11 is 11.8. The summed E-state index contributed by atoms with van der Waals surface area (Å²) in [5, 5.41) is 2.27. The van der Waals surface area contributed by atoms with E-state index in [1.165, 1.54) is 6.07 Å². The molecule has 2 rings (SSSR count). The van der Waals surface area contributed by atoms with Crippen molar-refractivity contribution in [2.24, 2.45) is 0 Å². The first-order chi connectivity index (χ1) is 10.2. The fourth-order valence-corrected chi connectivity index (χ4v) is 3.23. The molecule has 9 heteroatoms. The normalized spacial score (nSPS) is 11.7. The van der Waals surface area contributed by atoms with Crippen LogP contribution in [0.5, 0.6) is 0 Å². The third-order valence-electron chi connectivity index (χ3n) is 2.92. The predicted octanol–water partition coefficient (Wildman–Crippen LogP) is 3.29. The van der Waals surface area contributed by atoms with Gasteiger partial charge < -0.3 is 11.1 Å². The number of nitrogen functional groups attached to an aromatic ring is 1. The van der Waals surface area contributed by atoms with Crippen LogP contribution in [0, 0.1) is 0 Å². The average Bonchev–Trinajstić information content (AvgIpc) is 2.44. The second kappa shape index (κ2) is 6.28. The van der Waals surface area contributed by atoms with Gasteiger partial charge in [0.1, 0.15) is 10.8 Å². The zero-order valence-corrected chi connectivity index (χ0v) is 14.2. The molecule has 0 bridgehead atoms. The third-order valence-corrected chi connectivity index (χ3v) is 5.67. The van der Waals surface area contributed by atoms with E-state index >= 15 is 0 Å². The van der Waals surface area contributed by atoms with E-state index < -0.39 is 15.1 Å². The number of para-hydroxylation sites is 1. The van der Waals surface area contributed by atoms with Crippen LogP contribution in [0.25, 0.3) is 0 Å². The van der Waals surface area contributed by atoms with Crippen molar-refractivity contribution in [1.82, 2.24) is 9.97 Å². The van der Waals surface area contributed by atoms with Gasteiger partial charge in [-0.1, -0.05) is 23.7 Å². The van der Waals surface area contributed by atoms with Gasteiger partial charge in [-0.2, -0.15) is 9.97 Å². The van der Waals surface area contributed by atoms with Gasteiger partial charge in [0.15, 0.2) is 15.7 Å². The number of hydrogen-bond donors (Lipinski definition) is 2. The SMILES string of the molecule is CC(C)S(=O)(=O)c1ccccc1Nc1nc(Cl)nc(N)c1Cl. The molecule has 6 nitrogen and oxygen atoms in total. The van der Waals surface area contributed by atoms with Crippen molar-refractivity contribution >= 4 is 50.4 Å². The number of nitrogens with one attached hydrogen (secondary N) is 1. The third kappa shape index (κ3) is 3.26. The Hall–Kier alpha value is -1.57. The molecular weight excluding hydrogens is 347 g/mol. The van der Waals surface area contributed by atoms with Gasteiger partial charge in [0, 0.05) is 0 Å². The summed E-state index contributed by atoms with van der Waals surface area (Å²) in [7, 11) is -3.47. The summed E-state index contributed by atoms with van der Waals surface area (Å²) in [5.41, 5.74) is 5.96. The maximum atomic E-state index is 12.4. The van der Waals surface area contributed by atoms with Gasteiger partial charge in [-0.3, -0.25) is 0 Å². The minimum Gasteiger partial charge on any atom is -0.382 e. The first kappa shape index (κ1) is 16.8. The molecule has 1 aromatic heterocycles. The van der Waals surface area contributed by atoms with Crippen LogP contribution in [0.1, 0.15) is 13.8 Å². The molecule has 0 saturated heterocycles. The van der Waals surface area contributed by atoms with Crippen molar-refractivity contribution < 1.29 is 8.42 Å². The Balaban J connectivity index is 2.53. The fraction of sp³-hybridized carbons (Fsp3) is 0.231. The van der Waals surface area contributed by atoms with E-state index in [4.69, 9.17) is 28.9 Å². The summed E-state index contributed by atoms with van der Waals surface area (Å²) in [5.74, 6) is 0.152. The van der Waals surface area contributed by atoms with Crippen LogP contribution in [0.2, 0.25) is 10.3 Å². The molecule has 118 valence electrons. The van der Waals surface area contributed by atoms with Crippen molar-refractivity contribution in [2.75, 3.05) is 11.1 Å². The van der Waals surface area contributed by atoms with Gasteiger partial charge >= 0.3 is 0 Å². The van der Waals surface area contributed by atoms with E-state index in [0.717, 1.165) is 0 Å². The lowest BCUT2D eigenvalue weighted by Crippen LogP contribution is -2.15. The molecule has 1 heterocycles. The highest BCUT2D eigenvalue weighted by molar-refractivity contribution is 7.92. The molecule has 0 unspecified atom stereocenters. The summed E-state index contributed by atoms with van der Waals surface area (Å²) in [4.78, 5) is 7.80. The Morgan fingerprint density at radius 1 is 1.18 bits per heavy atom. The number of anilines is 3. The number of hydrogen-bond acceptors (Lipinski definition) is 6. The molecule has 0 aliphatic heterocycles. The zero-order chi connectivity index (χ0) is 16.5. The minimum atomic E-state index is -3.47. The number of nitrogens with two attached hydrogens (primary N) is 1. The second-order valence-electron chi connectivity index (χ2n) is 4.76. The van der Waals surface area contributed by atoms with Crippen LogP contribution in [0.3, 0.4) is 0 Å². The molecule has 0 fully saturated rings. The van der Waals surface area contributed by atoms with Gasteiger partial charge in [-0.05, 0) is 37.6 Å². The molecule has 0 atom stereocenters. The van der Waals surface area contributed by atoms with Crippen LogP contribution < -0.4 is 11.1 Å². The van der Waals surface area contributed by atoms with E-state index in [2.05, 4.69) is 15.3 Å².